The van der Waals surface area contributed by atoms with Crippen molar-refractivity contribution in [2.45, 2.75) is 19.4 Å². The number of ether oxygens (including phenoxy) is 1. The number of hydrogen-bond acceptors (Lipinski definition) is 4. The highest BCUT2D eigenvalue weighted by atomic mass is 79.9. The fourth-order valence-electron chi connectivity index (χ4n) is 9.20. The van der Waals surface area contributed by atoms with Crippen LogP contribution in [0.1, 0.15) is 22.8 Å². The zero-order valence-electron chi connectivity index (χ0n) is 18.8. The minimum atomic E-state index is -0.187. The smallest absolute Gasteiger partial charge is 0.312 e. The molecule has 0 unspecified atom stereocenters. The van der Waals surface area contributed by atoms with E-state index in [0.29, 0.717) is 47.7 Å². The molecule has 6 aliphatic carbocycles. The molecular formula is C28H23BrN2O3. The first-order valence-corrected chi connectivity index (χ1v) is 12.9. The Hall–Kier alpha value is -2.73. The van der Waals surface area contributed by atoms with Crippen molar-refractivity contribution in [2.24, 2.45) is 40.9 Å². The number of carbonyl (C=O) groups is 2. The molecular weight excluding hydrogens is 492 g/mol. The molecule has 6 heteroatoms. The number of benzene rings is 2. The number of amides is 1. The summed E-state index contributed by atoms with van der Waals surface area (Å²) in [5.74, 6) is 2.65. The summed E-state index contributed by atoms with van der Waals surface area (Å²) in [5, 5.41) is 4.37. The van der Waals surface area contributed by atoms with Gasteiger partial charge in [-0.05, 0) is 73.1 Å². The summed E-state index contributed by atoms with van der Waals surface area (Å²) < 4.78 is 6.35. The molecule has 0 radical (unpaired) electrons. The van der Waals surface area contributed by atoms with E-state index in [1.807, 2.05) is 62.4 Å². The van der Waals surface area contributed by atoms with Crippen molar-refractivity contribution in [3.05, 3.63) is 64.1 Å². The Labute approximate surface area is 205 Å². The maximum Gasteiger partial charge on any atom is 0.312 e. The van der Waals surface area contributed by atoms with Crippen molar-refractivity contribution in [1.29, 1.82) is 0 Å². The maximum atomic E-state index is 13.9. The Balaban J connectivity index is 1.17. The molecule has 6 saturated carbocycles. The Morgan fingerprint density at radius 1 is 1.03 bits per heavy atom. The van der Waals surface area contributed by atoms with Crippen molar-refractivity contribution in [1.82, 2.24) is 10.3 Å². The molecule has 34 heavy (non-hydrogen) atoms. The number of rotatable bonds is 5. The van der Waals surface area contributed by atoms with Gasteiger partial charge in [-0.3, -0.25) is 9.59 Å². The van der Waals surface area contributed by atoms with Crippen LogP contribution in [0.3, 0.4) is 0 Å². The molecule has 0 spiro atoms. The van der Waals surface area contributed by atoms with Gasteiger partial charge < -0.3 is 10.1 Å². The first kappa shape index (κ1) is 19.6. The van der Waals surface area contributed by atoms with Gasteiger partial charge in [0.2, 0.25) is 0 Å². The van der Waals surface area contributed by atoms with Gasteiger partial charge in [0.1, 0.15) is 0 Å². The molecule has 0 atom stereocenters. The molecule has 9 rings (SSSR count). The highest BCUT2D eigenvalue weighted by Crippen LogP contribution is 3.07. The minimum absolute atomic E-state index is 0.0129. The molecule has 0 bridgehead atoms. The molecule has 6 aliphatic rings. The van der Waals surface area contributed by atoms with Crippen LogP contribution in [0.4, 0.5) is 0 Å². The largest absolute Gasteiger partial charge is 0.466 e. The van der Waals surface area contributed by atoms with Crippen molar-refractivity contribution >= 4 is 38.7 Å². The number of aromatic nitrogens is 1. The van der Waals surface area contributed by atoms with Gasteiger partial charge in [-0.25, -0.2) is 4.98 Å². The third kappa shape index (κ3) is 1.73. The standard InChI is InChI=1S/C28H23BrN2O3/c1-3-34-26(33)27-18-21-19(27)23-20(27)22(18)28(21,23)31-25(32)17-12(2)24(13-7-5-4-6-8-13)30-16-10-9-14(29)11-15(16)17/h4-11,18-23H,3H2,1-2H3,(H,31,32). The lowest BCUT2D eigenvalue weighted by molar-refractivity contribution is -0.609. The highest BCUT2D eigenvalue weighted by molar-refractivity contribution is 9.10. The molecule has 0 aliphatic heterocycles. The van der Waals surface area contributed by atoms with Gasteiger partial charge in [0, 0.05) is 15.4 Å². The second kappa shape index (κ2) is 5.91. The second-order valence-corrected chi connectivity index (χ2v) is 11.6. The van der Waals surface area contributed by atoms with E-state index in [2.05, 4.69) is 21.2 Å². The number of nitrogens with zero attached hydrogens (tertiary/aromatic N) is 1. The van der Waals surface area contributed by atoms with Gasteiger partial charge in [0.25, 0.3) is 5.91 Å². The molecule has 2 aromatic carbocycles. The SMILES string of the molecule is CCOC(=O)C12C3C4C1C1C2C3C41NC(=O)c1c(C)c(-c2ccccc2)nc2ccc(Br)cc12. The number of halogens is 1. The fraction of sp³-hybridized carbons (Fsp3) is 0.393. The Morgan fingerprint density at radius 3 is 2.35 bits per heavy atom. The van der Waals surface area contributed by atoms with Crippen molar-refractivity contribution in [3.63, 3.8) is 0 Å². The number of hydrogen-bond donors (Lipinski definition) is 1. The summed E-state index contributed by atoms with van der Waals surface area (Å²) in [4.78, 5) is 31.5. The molecule has 1 amide bonds. The molecule has 170 valence electrons. The lowest BCUT2D eigenvalue weighted by Gasteiger charge is -3.09. The predicted octanol–water partition coefficient (Wildman–Crippen LogP) is 4.76. The summed E-state index contributed by atoms with van der Waals surface area (Å²) in [6.07, 6.45) is 0. The van der Waals surface area contributed by atoms with Crippen LogP contribution in [0, 0.1) is 47.8 Å². The van der Waals surface area contributed by atoms with Gasteiger partial charge in [-0.1, -0.05) is 46.3 Å². The van der Waals surface area contributed by atoms with Crippen LogP contribution in [0.25, 0.3) is 22.2 Å². The van der Waals surface area contributed by atoms with Crippen LogP contribution in [0.15, 0.2) is 53.0 Å². The number of esters is 1. The predicted molar refractivity (Wildman–Crippen MR) is 130 cm³/mol. The van der Waals surface area contributed by atoms with Gasteiger partial charge in [0.15, 0.2) is 0 Å². The van der Waals surface area contributed by atoms with Crippen LogP contribution >= 0.6 is 15.9 Å². The topological polar surface area (TPSA) is 68.3 Å². The van der Waals surface area contributed by atoms with Crippen molar-refractivity contribution < 1.29 is 14.3 Å². The summed E-state index contributed by atoms with van der Waals surface area (Å²) in [7, 11) is 0. The molecule has 0 saturated heterocycles. The highest BCUT2D eigenvalue weighted by Gasteiger charge is 3.12. The van der Waals surface area contributed by atoms with Crippen molar-refractivity contribution in [2.75, 3.05) is 6.61 Å². The summed E-state index contributed by atoms with van der Waals surface area (Å²) in [6.45, 7) is 4.33. The summed E-state index contributed by atoms with van der Waals surface area (Å²) in [5.41, 5.74) is 3.99. The van der Waals surface area contributed by atoms with Crippen LogP contribution < -0.4 is 5.32 Å². The van der Waals surface area contributed by atoms with E-state index in [4.69, 9.17) is 9.72 Å². The van der Waals surface area contributed by atoms with Crippen LogP contribution in [-0.4, -0.2) is 29.0 Å². The van der Waals surface area contributed by atoms with E-state index in [-0.39, 0.29) is 22.8 Å². The lowest BCUT2D eigenvalue weighted by Crippen LogP contribution is -3.16. The number of carbonyl (C=O) groups excluding carboxylic acids is 2. The maximum absolute atomic E-state index is 13.9. The zero-order valence-corrected chi connectivity index (χ0v) is 20.4. The quantitative estimate of drug-likeness (QED) is 0.498. The first-order valence-electron chi connectivity index (χ1n) is 12.1. The van der Waals surface area contributed by atoms with E-state index in [1.54, 1.807) is 0 Å². The lowest BCUT2D eigenvalue weighted by atomic mass is 8.94. The van der Waals surface area contributed by atoms with Gasteiger partial charge in [0.05, 0.1) is 34.3 Å². The molecule has 1 heterocycles. The normalized spacial score (nSPS) is 38.4. The van der Waals surface area contributed by atoms with Gasteiger partial charge in [-0.15, -0.1) is 0 Å². The second-order valence-electron chi connectivity index (χ2n) is 10.7. The molecule has 1 aromatic heterocycles. The fourth-order valence-corrected chi connectivity index (χ4v) is 9.56. The van der Waals surface area contributed by atoms with E-state index < -0.39 is 0 Å². The summed E-state index contributed by atoms with van der Waals surface area (Å²) >= 11 is 3.57. The Bertz CT molecular complexity index is 1410. The average molecular weight is 515 g/mol. The molecule has 6 fully saturated rings. The first-order chi connectivity index (χ1) is 16.5. The Kier molecular flexibility index (Phi) is 3.40. The molecule has 1 N–H and O–H groups in total. The number of pyridine rings is 1. The minimum Gasteiger partial charge on any atom is -0.466 e. The molecule has 3 aromatic rings. The van der Waals surface area contributed by atoms with Crippen LogP contribution in [0.2, 0.25) is 0 Å². The van der Waals surface area contributed by atoms with Gasteiger partial charge >= 0.3 is 5.97 Å². The van der Waals surface area contributed by atoms with Crippen molar-refractivity contribution in [3.8, 4) is 11.3 Å². The number of nitrogens with one attached hydrogen (secondary N) is 1. The van der Waals surface area contributed by atoms with Crippen LogP contribution in [0.5, 0.6) is 0 Å². The third-order valence-corrected chi connectivity index (χ3v) is 10.5. The summed E-state index contributed by atoms with van der Waals surface area (Å²) in [6, 6.07) is 16.0. The van der Waals surface area contributed by atoms with E-state index in [9.17, 15) is 9.59 Å². The molecule has 5 nitrogen and oxygen atoms in total. The monoisotopic (exact) mass is 514 g/mol. The zero-order chi connectivity index (χ0) is 23.1. The Morgan fingerprint density at radius 2 is 1.71 bits per heavy atom. The number of fused-ring (bicyclic) bond motifs is 1. The van der Waals surface area contributed by atoms with E-state index >= 15 is 0 Å². The average Bonchev–Trinajstić information content (AvgIpc) is 2.84. The van der Waals surface area contributed by atoms with E-state index in [0.717, 1.165) is 32.2 Å². The third-order valence-electron chi connectivity index (χ3n) is 10.1. The van der Waals surface area contributed by atoms with Gasteiger partial charge in [-0.2, -0.15) is 0 Å². The van der Waals surface area contributed by atoms with Crippen LogP contribution in [-0.2, 0) is 9.53 Å². The van der Waals surface area contributed by atoms with E-state index in [1.165, 1.54) is 0 Å².